The van der Waals surface area contributed by atoms with Gasteiger partial charge in [-0.05, 0) is 37.3 Å². The molecular formula is C22H14N2O5. The van der Waals surface area contributed by atoms with Crippen molar-refractivity contribution >= 4 is 22.7 Å². The average molecular weight is 386 g/mol. The molecular weight excluding hydrogens is 372 g/mol. The van der Waals surface area contributed by atoms with E-state index in [2.05, 4.69) is 5.10 Å². The average Bonchev–Trinajstić information content (AvgIpc) is 3.09. The first kappa shape index (κ1) is 17.1. The van der Waals surface area contributed by atoms with Crippen molar-refractivity contribution in [2.75, 3.05) is 0 Å². The minimum atomic E-state index is -1.32. The molecule has 1 aliphatic heterocycles. The van der Waals surface area contributed by atoms with Crippen molar-refractivity contribution < 1.29 is 18.7 Å². The van der Waals surface area contributed by atoms with Gasteiger partial charge in [-0.1, -0.05) is 30.3 Å². The zero-order chi connectivity index (χ0) is 20.1. The summed E-state index contributed by atoms with van der Waals surface area (Å²) in [6.07, 6.45) is 0. The van der Waals surface area contributed by atoms with Crippen molar-refractivity contribution in [2.24, 2.45) is 0 Å². The molecule has 0 spiro atoms. The Morgan fingerprint density at radius 3 is 2.48 bits per heavy atom. The Balaban J connectivity index is 1.65. The van der Waals surface area contributed by atoms with Gasteiger partial charge in [0.05, 0.1) is 16.8 Å². The number of carbonyl (C=O) groups is 2. The molecule has 0 aliphatic carbocycles. The van der Waals surface area contributed by atoms with E-state index in [-0.39, 0.29) is 22.6 Å². The fraction of sp³-hybridized carbons (Fsp3) is 0.0909. The molecule has 1 unspecified atom stereocenters. The topological polar surface area (TPSA) is 91.4 Å². The number of ketones is 1. The van der Waals surface area contributed by atoms with Crippen molar-refractivity contribution in [3.63, 3.8) is 0 Å². The number of esters is 1. The number of nitrogens with zero attached hydrogens (tertiary/aromatic N) is 2. The van der Waals surface area contributed by atoms with E-state index in [1.165, 1.54) is 0 Å². The molecule has 5 rings (SSSR count). The molecule has 0 saturated heterocycles. The van der Waals surface area contributed by atoms with Crippen LogP contribution in [-0.2, 0) is 4.79 Å². The predicted molar refractivity (Wildman–Crippen MR) is 103 cm³/mol. The van der Waals surface area contributed by atoms with Crippen LogP contribution in [0.1, 0.15) is 27.7 Å². The van der Waals surface area contributed by atoms with Crippen LogP contribution in [0.2, 0.25) is 0 Å². The lowest BCUT2D eigenvalue weighted by molar-refractivity contribution is -0.135. The van der Waals surface area contributed by atoms with Gasteiger partial charge < -0.3 is 9.15 Å². The Bertz CT molecular complexity index is 1350. The van der Waals surface area contributed by atoms with Crippen molar-refractivity contribution in [1.29, 1.82) is 0 Å². The lowest BCUT2D eigenvalue weighted by Gasteiger charge is -2.20. The highest BCUT2D eigenvalue weighted by molar-refractivity contribution is 6.18. The highest BCUT2D eigenvalue weighted by atomic mass is 16.5. The number of hydrogen-bond acceptors (Lipinski definition) is 6. The number of ether oxygens (including phenoxy) is 1. The highest BCUT2D eigenvalue weighted by Crippen LogP contribution is 2.36. The number of Topliss-reactive ketones (excluding diaryl/α,β-unsaturated/α-hetero) is 1. The van der Waals surface area contributed by atoms with Crippen LogP contribution in [0.5, 0.6) is 5.75 Å². The van der Waals surface area contributed by atoms with E-state index < -0.39 is 23.3 Å². The molecule has 7 nitrogen and oxygen atoms in total. The molecule has 0 fully saturated rings. The summed E-state index contributed by atoms with van der Waals surface area (Å²) < 4.78 is 12.3. The molecule has 1 aliphatic rings. The lowest BCUT2D eigenvalue weighted by atomic mass is 9.92. The predicted octanol–water partition coefficient (Wildman–Crippen LogP) is 3.17. The fourth-order valence-electron chi connectivity index (χ4n) is 3.58. The molecule has 2 aromatic carbocycles. The number of aromatic nitrogens is 2. The van der Waals surface area contributed by atoms with Crippen LogP contribution in [0.4, 0.5) is 0 Å². The second kappa shape index (κ2) is 6.27. The molecule has 0 N–H and O–H groups in total. The first-order valence-electron chi connectivity index (χ1n) is 8.98. The summed E-state index contributed by atoms with van der Waals surface area (Å²) in [7, 11) is 0. The molecule has 0 bridgehead atoms. The number of aryl methyl sites for hydroxylation is 1. The molecule has 0 saturated carbocycles. The van der Waals surface area contributed by atoms with Crippen molar-refractivity contribution in [2.45, 2.75) is 12.8 Å². The summed E-state index contributed by atoms with van der Waals surface area (Å²) >= 11 is 0. The molecule has 3 heterocycles. The van der Waals surface area contributed by atoms with Crippen LogP contribution < -0.4 is 10.4 Å². The summed E-state index contributed by atoms with van der Waals surface area (Å²) in [5, 5.41) is 4.83. The Morgan fingerprint density at radius 2 is 1.69 bits per heavy atom. The lowest BCUT2D eigenvalue weighted by Crippen LogP contribution is -2.35. The van der Waals surface area contributed by atoms with E-state index >= 15 is 0 Å². The zero-order valence-corrected chi connectivity index (χ0v) is 15.3. The first-order chi connectivity index (χ1) is 14.0. The van der Waals surface area contributed by atoms with Gasteiger partial charge in [-0.2, -0.15) is 5.10 Å². The molecule has 1 atom stereocenters. The fourth-order valence-corrected chi connectivity index (χ4v) is 3.58. The van der Waals surface area contributed by atoms with Gasteiger partial charge in [0.15, 0.2) is 17.5 Å². The van der Waals surface area contributed by atoms with E-state index in [1.807, 2.05) is 37.3 Å². The van der Waals surface area contributed by atoms with E-state index in [1.54, 1.807) is 35.0 Å². The number of benzene rings is 2. The van der Waals surface area contributed by atoms with Gasteiger partial charge >= 0.3 is 11.6 Å². The van der Waals surface area contributed by atoms with Gasteiger partial charge in [-0.3, -0.25) is 9.59 Å². The Hall–Kier alpha value is -4.00. The van der Waals surface area contributed by atoms with E-state index in [9.17, 15) is 14.4 Å². The summed E-state index contributed by atoms with van der Waals surface area (Å²) in [5.74, 6) is -2.82. The smallest absolute Gasteiger partial charge is 0.351 e. The standard InChI is InChI=1S/C22H14N2O5/c1-12-11-15(23-24(12)13-7-3-2-4-8-13)17-19(25)18-20(29-21(17)26)14-9-5-6-10-16(14)28-22(18)27/h2-11,17H,1H3. The zero-order valence-electron chi connectivity index (χ0n) is 15.3. The monoisotopic (exact) mass is 386 g/mol. The maximum absolute atomic E-state index is 13.1. The maximum atomic E-state index is 13.1. The van der Waals surface area contributed by atoms with Crippen LogP contribution in [0.3, 0.4) is 0 Å². The summed E-state index contributed by atoms with van der Waals surface area (Å²) in [4.78, 5) is 38.4. The maximum Gasteiger partial charge on any atom is 0.351 e. The van der Waals surface area contributed by atoms with E-state index in [0.29, 0.717) is 5.39 Å². The van der Waals surface area contributed by atoms with Crippen molar-refractivity contribution in [1.82, 2.24) is 9.78 Å². The molecule has 2 aromatic heterocycles. The quantitative estimate of drug-likeness (QED) is 0.299. The van der Waals surface area contributed by atoms with Crippen molar-refractivity contribution in [3.05, 3.63) is 88.0 Å². The van der Waals surface area contributed by atoms with E-state index in [4.69, 9.17) is 9.15 Å². The van der Waals surface area contributed by atoms with Gasteiger partial charge in [0.25, 0.3) is 0 Å². The van der Waals surface area contributed by atoms with Crippen LogP contribution in [-0.4, -0.2) is 21.5 Å². The van der Waals surface area contributed by atoms with Crippen LogP contribution in [0.15, 0.2) is 69.9 Å². The third-order valence-corrected chi connectivity index (χ3v) is 4.92. The second-order valence-corrected chi connectivity index (χ2v) is 6.77. The molecule has 0 radical (unpaired) electrons. The van der Waals surface area contributed by atoms with Crippen LogP contribution in [0.25, 0.3) is 16.7 Å². The second-order valence-electron chi connectivity index (χ2n) is 6.77. The van der Waals surface area contributed by atoms with E-state index in [0.717, 1.165) is 11.4 Å². The van der Waals surface area contributed by atoms with Crippen LogP contribution >= 0.6 is 0 Å². The number of rotatable bonds is 2. The van der Waals surface area contributed by atoms with Gasteiger partial charge in [0.1, 0.15) is 11.1 Å². The summed E-state index contributed by atoms with van der Waals surface area (Å²) in [6, 6.07) is 17.6. The molecule has 7 heteroatoms. The molecule has 29 heavy (non-hydrogen) atoms. The molecule has 4 aromatic rings. The highest BCUT2D eigenvalue weighted by Gasteiger charge is 2.42. The minimum Gasteiger partial charge on any atom is -0.424 e. The van der Waals surface area contributed by atoms with Crippen molar-refractivity contribution in [3.8, 4) is 11.4 Å². The molecule has 0 amide bonds. The number of fused-ring (bicyclic) bond motifs is 3. The Labute approximate surface area is 164 Å². The van der Waals surface area contributed by atoms with Gasteiger partial charge in [-0.15, -0.1) is 0 Å². The number of carbonyl (C=O) groups excluding carboxylic acids is 2. The number of hydrogen-bond donors (Lipinski definition) is 0. The van der Waals surface area contributed by atoms with Gasteiger partial charge in [0, 0.05) is 5.69 Å². The summed E-state index contributed by atoms with van der Waals surface area (Å²) in [5.41, 5.74) is 0.904. The SMILES string of the molecule is Cc1cc(C2C(=O)Oc3c(c(=O)oc4ccccc34)C2=O)nn1-c1ccccc1. The summed E-state index contributed by atoms with van der Waals surface area (Å²) in [6.45, 7) is 1.82. The third kappa shape index (κ3) is 2.59. The Morgan fingerprint density at radius 1 is 0.966 bits per heavy atom. The van der Waals surface area contributed by atoms with Crippen LogP contribution in [0, 0.1) is 6.92 Å². The third-order valence-electron chi connectivity index (χ3n) is 4.92. The molecule has 142 valence electrons. The minimum absolute atomic E-state index is 0.0534. The number of para-hydroxylation sites is 2. The normalized spacial score (nSPS) is 16.0. The largest absolute Gasteiger partial charge is 0.424 e. The first-order valence-corrected chi connectivity index (χ1v) is 8.98. The van der Waals surface area contributed by atoms with Gasteiger partial charge in [0.2, 0.25) is 0 Å². The van der Waals surface area contributed by atoms with Gasteiger partial charge in [-0.25, -0.2) is 9.48 Å². The Kier molecular flexibility index (Phi) is 3.70.